The van der Waals surface area contributed by atoms with Crippen LogP contribution in [-0.4, -0.2) is 18.6 Å². The van der Waals surface area contributed by atoms with Gasteiger partial charge in [0.25, 0.3) is 0 Å². The molecular weight excluding hydrogens is 172 g/mol. The number of nitrogens with two attached hydrogens (primary N) is 1. The quantitative estimate of drug-likeness (QED) is 0.562. The number of rotatable bonds is 9. The van der Waals surface area contributed by atoms with E-state index in [0.29, 0.717) is 5.54 Å². The number of hydrogen-bond acceptors (Lipinski definition) is 2. The Kier molecular flexibility index (Phi) is 8.20. The zero-order valence-corrected chi connectivity index (χ0v) is 10.2. The van der Waals surface area contributed by atoms with Crippen molar-refractivity contribution in [3.8, 4) is 0 Å². The highest BCUT2D eigenvalue weighted by Gasteiger charge is 2.17. The fourth-order valence-corrected chi connectivity index (χ4v) is 1.51. The van der Waals surface area contributed by atoms with Crippen LogP contribution in [0.3, 0.4) is 0 Å². The molecule has 0 aliphatic carbocycles. The van der Waals surface area contributed by atoms with Gasteiger partial charge in [0, 0.05) is 5.54 Å². The van der Waals surface area contributed by atoms with Gasteiger partial charge in [-0.3, -0.25) is 0 Å². The molecule has 0 fully saturated rings. The Bertz CT molecular complexity index is 119. The molecule has 0 saturated heterocycles. The van der Waals surface area contributed by atoms with Crippen molar-refractivity contribution in [2.75, 3.05) is 13.1 Å². The molecular formula is C12H28N2. The average molecular weight is 200 g/mol. The summed E-state index contributed by atoms with van der Waals surface area (Å²) in [6.45, 7) is 8.82. The highest BCUT2D eigenvalue weighted by atomic mass is 15.0. The van der Waals surface area contributed by atoms with Crippen molar-refractivity contribution in [1.29, 1.82) is 0 Å². The fraction of sp³-hybridized carbons (Fsp3) is 1.00. The van der Waals surface area contributed by atoms with E-state index in [0.717, 1.165) is 13.1 Å². The van der Waals surface area contributed by atoms with E-state index in [9.17, 15) is 0 Å². The van der Waals surface area contributed by atoms with E-state index in [2.05, 4.69) is 26.1 Å². The van der Waals surface area contributed by atoms with Crippen LogP contribution >= 0.6 is 0 Å². The summed E-state index contributed by atoms with van der Waals surface area (Å²) >= 11 is 0. The molecule has 0 saturated carbocycles. The first-order chi connectivity index (χ1) is 6.68. The second kappa shape index (κ2) is 8.25. The Morgan fingerprint density at radius 3 is 2.07 bits per heavy atom. The smallest absolute Gasteiger partial charge is 0.0148 e. The van der Waals surface area contributed by atoms with Gasteiger partial charge in [-0.05, 0) is 45.7 Å². The second-order valence-electron chi connectivity index (χ2n) is 4.40. The van der Waals surface area contributed by atoms with Crippen LogP contribution in [0.4, 0.5) is 0 Å². The van der Waals surface area contributed by atoms with E-state index in [1.165, 1.54) is 38.5 Å². The predicted octanol–water partition coefficient (Wildman–Crippen LogP) is 2.67. The molecule has 0 heterocycles. The molecule has 0 amide bonds. The van der Waals surface area contributed by atoms with E-state index < -0.39 is 0 Å². The molecule has 0 unspecified atom stereocenters. The van der Waals surface area contributed by atoms with E-state index >= 15 is 0 Å². The van der Waals surface area contributed by atoms with E-state index in [4.69, 9.17) is 5.73 Å². The average Bonchev–Trinajstić information content (AvgIpc) is 2.23. The van der Waals surface area contributed by atoms with Crippen LogP contribution in [0.2, 0.25) is 0 Å². The number of hydrogen-bond donors (Lipinski definition) is 2. The lowest BCUT2D eigenvalue weighted by atomic mass is 9.95. The van der Waals surface area contributed by atoms with Crippen LogP contribution in [0.1, 0.15) is 59.3 Å². The maximum Gasteiger partial charge on any atom is 0.0148 e. The van der Waals surface area contributed by atoms with Gasteiger partial charge in [-0.15, -0.1) is 0 Å². The van der Waals surface area contributed by atoms with Crippen molar-refractivity contribution in [2.24, 2.45) is 5.73 Å². The molecule has 2 heteroatoms. The molecule has 0 bridgehead atoms. The van der Waals surface area contributed by atoms with Gasteiger partial charge in [0.1, 0.15) is 0 Å². The summed E-state index contributed by atoms with van der Waals surface area (Å²) in [5.41, 5.74) is 5.79. The van der Waals surface area contributed by atoms with Crippen LogP contribution in [0.15, 0.2) is 0 Å². The van der Waals surface area contributed by atoms with Crippen LogP contribution in [-0.2, 0) is 0 Å². The highest BCUT2D eigenvalue weighted by Crippen LogP contribution is 2.13. The molecule has 0 radical (unpaired) electrons. The Balaban J connectivity index is 3.34. The van der Waals surface area contributed by atoms with E-state index in [1.807, 2.05) is 0 Å². The van der Waals surface area contributed by atoms with Crippen molar-refractivity contribution in [2.45, 2.75) is 64.8 Å². The summed E-state index contributed by atoms with van der Waals surface area (Å²) in [5, 5.41) is 3.64. The van der Waals surface area contributed by atoms with Gasteiger partial charge in [-0.2, -0.15) is 0 Å². The Morgan fingerprint density at radius 1 is 1.00 bits per heavy atom. The van der Waals surface area contributed by atoms with Gasteiger partial charge in [0.05, 0.1) is 0 Å². The molecule has 86 valence electrons. The Labute approximate surface area is 89.6 Å². The van der Waals surface area contributed by atoms with Crippen molar-refractivity contribution in [3.63, 3.8) is 0 Å². The number of nitrogens with one attached hydrogen (secondary N) is 1. The van der Waals surface area contributed by atoms with Gasteiger partial charge < -0.3 is 11.1 Å². The van der Waals surface area contributed by atoms with Crippen LogP contribution in [0, 0.1) is 0 Å². The van der Waals surface area contributed by atoms with Crippen molar-refractivity contribution < 1.29 is 0 Å². The molecule has 0 aliphatic heterocycles. The molecule has 0 aliphatic rings. The monoisotopic (exact) mass is 200 g/mol. The molecule has 2 nitrogen and oxygen atoms in total. The molecule has 3 N–H and O–H groups in total. The largest absolute Gasteiger partial charge is 0.330 e. The maximum atomic E-state index is 5.44. The van der Waals surface area contributed by atoms with Crippen LogP contribution in [0.25, 0.3) is 0 Å². The van der Waals surface area contributed by atoms with Crippen LogP contribution in [0.5, 0.6) is 0 Å². The Hall–Kier alpha value is -0.0800. The van der Waals surface area contributed by atoms with Gasteiger partial charge in [-0.1, -0.05) is 26.7 Å². The molecule has 0 atom stereocenters. The first kappa shape index (κ1) is 13.9. The minimum atomic E-state index is 0.355. The topological polar surface area (TPSA) is 38.0 Å². The van der Waals surface area contributed by atoms with Gasteiger partial charge in [0.15, 0.2) is 0 Å². The minimum Gasteiger partial charge on any atom is -0.330 e. The molecule has 0 rings (SSSR count). The molecule has 0 aromatic heterocycles. The lowest BCUT2D eigenvalue weighted by Crippen LogP contribution is -2.41. The maximum absolute atomic E-state index is 5.44. The molecule has 14 heavy (non-hydrogen) atoms. The van der Waals surface area contributed by atoms with Gasteiger partial charge >= 0.3 is 0 Å². The SMILES string of the molecule is CCC(C)(CC)NCCCCCCN. The third-order valence-electron chi connectivity index (χ3n) is 3.24. The standard InChI is InChI=1S/C12H28N2/c1-4-12(3,5-2)14-11-9-7-6-8-10-13/h14H,4-11,13H2,1-3H3. The summed E-state index contributed by atoms with van der Waals surface area (Å²) in [4.78, 5) is 0. The van der Waals surface area contributed by atoms with Crippen molar-refractivity contribution >= 4 is 0 Å². The number of unbranched alkanes of at least 4 members (excludes halogenated alkanes) is 3. The summed E-state index contributed by atoms with van der Waals surface area (Å²) in [6, 6.07) is 0. The van der Waals surface area contributed by atoms with Gasteiger partial charge in [-0.25, -0.2) is 0 Å². The van der Waals surface area contributed by atoms with E-state index in [-0.39, 0.29) is 0 Å². The first-order valence-corrected chi connectivity index (χ1v) is 6.13. The second-order valence-corrected chi connectivity index (χ2v) is 4.40. The summed E-state index contributed by atoms with van der Waals surface area (Å²) in [7, 11) is 0. The normalized spacial score (nSPS) is 12.0. The molecule has 0 aromatic rings. The predicted molar refractivity (Wildman–Crippen MR) is 64.5 cm³/mol. The molecule has 0 aromatic carbocycles. The summed E-state index contributed by atoms with van der Waals surface area (Å²) in [5.74, 6) is 0. The van der Waals surface area contributed by atoms with Crippen molar-refractivity contribution in [1.82, 2.24) is 5.32 Å². The summed E-state index contributed by atoms with van der Waals surface area (Å²) in [6.07, 6.45) is 7.49. The first-order valence-electron chi connectivity index (χ1n) is 6.13. The van der Waals surface area contributed by atoms with E-state index in [1.54, 1.807) is 0 Å². The molecule has 0 spiro atoms. The van der Waals surface area contributed by atoms with Gasteiger partial charge in [0.2, 0.25) is 0 Å². The van der Waals surface area contributed by atoms with Crippen molar-refractivity contribution in [3.05, 3.63) is 0 Å². The van der Waals surface area contributed by atoms with Crippen LogP contribution < -0.4 is 11.1 Å². The third-order valence-corrected chi connectivity index (χ3v) is 3.24. The highest BCUT2D eigenvalue weighted by molar-refractivity contribution is 4.79. The lowest BCUT2D eigenvalue weighted by molar-refractivity contribution is 0.328. The third kappa shape index (κ3) is 6.39. The lowest BCUT2D eigenvalue weighted by Gasteiger charge is -2.28. The Morgan fingerprint density at radius 2 is 1.57 bits per heavy atom. The zero-order valence-electron chi connectivity index (χ0n) is 10.2. The summed E-state index contributed by atoms with van der Waals surface area (Å²) < 4.78 is 0. The fourth-order valence-electron chi connectivity index (χ4n) is 1.51. The zero-order chi connectivity index (χ0) is 10.9. The minimum absolute atomic E-state index is 0.355.